The molecule has 4 heterocycles. The monoisotopic (exact) mass is 420 g/mol. The van der Waals surface area contributed by atoms with Crippen LogP contribution in [0.1, 0.15) is 66.2 Å². The number of aromatic nitrogens is 4. The zero-order chi connectivity index (χ0) is 21.2. The van der Waals surface area contributed by atoms with Gasteiger partial charge in [-0.1, -0.05) is 0 Å². The molecule has 2 saturated heterocycles. The summed E-state index contributed by atoms with van der Waals surface area (Å²) in [6, 6.07) is 0.224. The zero-order valence-electron chi connectivity index (χ0n) is 17.7. The molecule has 8 heteroatoms. The fraction of sp³-hybridized carbons (Fsp3) is 0.565. The lowest BCUT2D eigenvalue weighted by molar-refractivity contribution is -0.138. The van der Waals surface area contributed by atoms with Crippen molar-refractivity contribution in [3.63, 3.8) is 0 Å². The van der Waals surface area contributed by atoms with Gasteiger partial charge in [0.2, 0.25) is 5.91 Å². The Kier molecular flexibility index (Phi) is 5.61. The van der Waals surface area contributed by atoms with E-state index in [4.69, 9.17) is 0 Å². The summed E-state index contributed by atoms with van der Waals surface area (Å²) in [7, 11) is 0. The van der Waals surface area contributed by atoms with Crippen molar-refractivity contribution in [3.8, 4) is 0 Å². The van der Waals surface area contributed by atoms with E-state index in [1.807, 2.05) is 4.90 Å². The predicted molar refractivity (Wildman–Crippen MR) is 113 cm³/mol. The number of piperidine rings is 2. The van der Waals surface area contributed by atoms with Crippen molar-refractivity contribution < 1.29 is 9.59 Å². The molecule has 2 aromatic rings. The average molecular weight is 421 g/mol. The van der Waals surface area contributed by atoms with E-state index in [1.165, 1.54) is 0 Å². The SMILES string of the molecule is O=C(c1cncnc1C1CC1)N1CC[C@H]2[C@H](CCCN2C(=O)CCc2cnccn2)C1. The number of likely N-dealkylation sites (tertiary alicyclic amines) is 2. The first kappa shape index (κ1) is 20.0. The van der Waals surface area contributed by atoms with Crippen molar-refractivity contribution in [2.45, 2.75) is 56.9 Å². The predicted octanol–water partition coefficient (Wildman–Crippen LogP) is 2.23. The van der Waals surface area contributed by atoms with Gasteiger partial charge in [-0.3, -0.25) is 19.6 Å². The van der Waals surface area contributed by atoms with Gasteiger partial charge in [0.25, 0.3) is 5.91 Å². The average Bonchev–Trinajstić information content (AvgIpc) is 3.67. The molecule has 0 aromatic carbocycles. The number of amides is 2. The van der Waals surface area contributed by atoms with Gasteiger partial charge in [0.05, 0.1) is 17.0 Å². The van der Waals surface area contributed by atoms with Gasteiger partial charge in [0.15, 0.2) is 0 Å². The van der Waals surface area contributed by atoms with Crippen LogP contribution in [0.2, 0.25) is 0 Å². The van der Waals surface area contributed by atoms with E-state index in [2.05, 4.69) is 24.8 Å². The topological polar surface area (TPSA) is 92.2 Å². The molecule has 3 fully saturated rings. The third-order valence-corrected chi connectivity index (χ3v) is 6.82. The molecule has 2 amide bonds. The number of fused-ring (bicyclic) bond motifs is 1. The number of hydrogen-bond acceptors (Lipinski definition) is 6. The Morgan fingerprint density at radius 2 is 1.90 bits per heavy atom. The maximum Gasteiger partial charge on any atom is 0.257 e. The van der Waals surface area contributed by atoms with E-state index in [0.29, 0.717) is 43.3 Å². The molecular formula is C23H28N6O2. The fourth-order valence-electron chi connectivity index (χ4n) is 5.09. The van der Waals surface area contributed by atoms with Crippen LogP contribution in [0.15, 0.2) is 31.1 Å². The molecule has 0 radical (unpaired) electrons. The summed E-state index contributed by atoms with van der Waals surface area (Å²) in [5.41, 5.74) is 2.42. The van der Waals surface area contributed by atoms with Crippen molar-refractivity contribution in [3.05, 3.63) is 48.1 Å². The molecule has 0 unspecified atom stereocenters. The summed E-state index contributed by atoms with van der Waals surface area (Å²) in [6.45, 7) is 2.19. The molecule has 2 aromatic heterocycles. The Morgan fingerprint density at radius 1 is 1.00 bits per heavy atom. The molecule has 0 bridgehead atoms. The van der Waals surface area contributed by atoms with Crippen molar-refractivity contribution in [2.75, 3.05) is 19.6 Å². The minimum atomic E-state index is 0.0482. The number of carbonyl (C=O) groups excluding carboxylic acids is 2. The Bertz CT molecular complexity index is 948. The van der Waals surface area contributed by atoms with Crippen molar-refractivity contribution in [1.29, 1.82) is 0 Å². The summed E-state index contributed by atoms with van der Waals surface area (Å²) in [6.07, 6.45) is 14.4. The molecule has 0 spiro atoms. The lowest BCUT2D eigenvalue weighted by atomic mass is 9.83. The lowest BCUT2D eigenvalue weighted by Crippen LogP contribution is -2.56. The highest BCUT2D eigenvalue weighted by Gasteiger charge is 2.40. The van der Waals surface area contributed by atoms with E-state index < -0.39 is 0 Å². The number of rotatable bonds is 5. The smallest absolute Gasteiger partial charge is 0.257 e. The van der Waals surface area contributed by atoms with Gasteiger partial charge in [-0.25, -0.2) is 9.97 Å². The van der Waals surface area contributed by atoms with E-state index in [1.54, 1.807) is 31.1 Å². The minimum absolute atomic E-state index is 0.0482. The molecule has 0 N–H and O–H groups in total. The number of carbonyl (C=O) groups is 2. The maximum atomic E-state index is 13.3. The van der Waals surface area contributed by atoms with Crippen LogP contribution < -0.4 is 0 Å². The van der Waals surface area contributed by atoms with Gasteiger partial charge in [-0.05, 0) is 44.4 Å². The van der Waals surface area contributed by atoms with Gasteiger partial charge in [0, 0.05) is 62.8 Å². The summed E-state index contributed by atoms with van der Waals surface area (Å²) in [5.74, 6) is 0.983. The molecule has 1 saturated carbocycles. The molecule has 8 nitrogen and oxygen atoms in total. The van der Waals surface area contributed by atoms with Crippen LogP contribution in [-0.2, 0) is 11.2 Å². The largest absolute Gasteiger partial charge is 0.339 e. The minimum Gasteiger partial charge on any atom is -0.339 e. The van der Waals surface area contributed by atoms with E-state index in [-0.39, 0.29) is 17.9 Å². The summed E-state index contributed by atoms with van der Waals surface area (Å²) >= 11 is 0. The van der Waals surface area contributed by atoms with Crippen LogP contribution in [0.3, 0.4) is 0 Å². The van der Waals surface area contributed by atoms with Crippen molar-refractivity contribution in [1.82, 2.24) is 29.7 Å². The molecular weight excluding hydrogens is 392 g/mol. The van der Waals surface area contributed by atoms with E-state index >= 15 is 0 Å². The van der Waals surface area contributed by atoms with Gasteiger partial charge >= 0.3 is 0 Å². The van der Waals surface area contributed by atoms with E-state index in [9.17, 15) is 9.59 Å². The van der Waals surface area contributed by atoms with Crippen LogP contribution in [0.25, 0.3) is 0 Å². The van der Waals surface area contributed by atoms with Gasteiger partial charge in [-0.15, -0.1) is 0 Å². The normalized spacial score (nSPS) is 23.4. The zero-order valence-corrected chi connectivity index (χ0v) is 17.7. The molecule has 2 aliphatic heterocycles. The first-order valence-electron chi connectivity index (χ1n) is 11.3. The lowest BCUT2D eigenvalue weighted by Gasteiger charge is -2.47. The molecule has 31 heavy (non-hydrogen) atoms. The second kappa shape index (κ2) is 8.69. The van der Waals surface area contributed by atoms with Crippen molar-refractivity contribution in [2.24, 2.45) is 5.92 Å². The van der Waals surface area contributed by atoms with Gasteiger partial charge in [0.1, 0.15) is 6.33 Å². The number of nitrogens with zero attached hydrogens (tertiary/aromatic N) is 6. The Hall–Kier alpha value is -2.90. The first-order valence-corrected chi connectivity index (χ1v) is 11.3. The fourth-order valence-corrected chi connectivity index (χ4v) is 5.09. The van der Waals surface area contributed by atoms with Crippen molar-refractivity contribution >= 4 is 11.8 Å². The quantitative estimate of drug-likeness (QED) is 0.737. The van der Waals surface area contributed by atoms with Crippen LogP contribution in [-0.4, -0.2) is 67.2 Å². The molecule has 162 valence electrons. The first-order chi connectivity index (χ1) is 15.2. The highest BCUT2D eigenvalue weighted by Crippen LogP contribution is 2.41. The summed E-state index contributed by atoms with van der Waals surface area (Å²) in [5, 5.41) is 0. The Morgan fingerprint density at radius 3 is 2.71 bits per heavy atom. The molecule has 3 aliphatic rings. The maximum absolute atomic E-state index is 13.3. The van der Waals surface area contributed by atoms with E-state index in [0.717, 1.165) is 50.0 Å². The van der Waals surface area contributed by atoms with Crippen LogP contribution >= 0.6 is 0 Å². The van der Waals surface area contributed by atoms with Gasteiger partial charge < -0.3 is 9.80 Å². The van der Waals surface area contributed by atoms with Crippen LogP contribution in [0.4, 0.5) is 0 Å². The molecule has 2 atom stereocenters. The second-order valence-electron chi connectivity index (χ2n) is 8.89. The third-order valence-electron chi connectivity index (χ3n) is 6.82. The number of hydrogen-bond donors (Lipinski definition) is 0. The third kappa shape index (κ3) is 4.29. The van der Waals surface area contributed by atoms with Crippen LogP contribution in [0.5, 0.6) is 0 Å². The number of aryl methyl sites for hydroxylation is 1. The standard InChI is InChI=1S/C23H28N6O2/c30-21(6-5-18-12-24-8-9-26-18)29-10-1-2-17-14-28(11-7-20(17)29)23(31)19-13-25-15-27-22(19)16-3-4-16/h8-9,12-13,15-17,20H,1-7,10-11,14H2/t17-,20+/m1/s1. The van der Waals surface area contributed by atoms with Crippen LogP contribution in [0, 0.1) is 5.92 Å². The molecule has 5 rings (SSSR count). The highest BCUT2D eigenvalue weighted by molar-refractivity contribution is 5.95. The Labute approximate surface area is 182 Å². The Balaban J connectivity index is 1.23. The summed E-state index contributed by atoms with van der Waals surface area (Å²) in [4.78, 5) is 47.1. The highest BCUT2D eigenvalue weighted by atomic mass is 16.2. The second-order valence-corrected chi connectivity index (χ2v) is 8.89. The van der Waals surface area contributed by atoms with Gasteiger partial charge in [-0.2, -0.15) is 0 Å². The summed E-state index contributed by atoms with van der Waals surface area (Å²) < 4.78 is 0. The molecule has 1 aliphatic carbocycles.